The van der Waals surface area contributed by atoms with Crippen LogP contribution in [0.25, 0.3) is 0 Å². The molecule has 0 saturated heterocycles. The van der Waals surface area contributed by atoms with E-state index in [4.69, 9.17) is 0 Å². The number of benzene rings is 1. The maximum Gasteiger partial charge on any atom is 0.328 e. The van der Waals surface area contributed by atoms with Crippen LogP contribution in [0.15, 0.2) is 24.3 Å². The summed E-state index contributed by atoms with van der Waals surface area (Å²) in [6.45, 7) is 1.51. The highest BCUT2D eigenvalue weighted by atomic mass is 16.6. The van der Waals surface area contributed by atoms with E-state index in [9.17, 15) is 19.7 Å². The Hall–Kier alpha value is -2.44. The lowest BCUT2D eigenvalue weighted by molar-refractivity contribution is -0.384. The van der Waals surface area contributed by atoms with Gasteiger partial charge in [0.1, 0.15) is 6.04 Å². The molecule has 1 N–H and O–H groups in total. The molecular formula is C12H14N2O5. The van der Waals surface area contributed by atoms with Crippen LogP contribution in [0.5, 0.6) is 0 Å². The van der Waals surface area contributed by atoms with Crippen LogP contribution in [-0.4, -0.2) is 30.0 Å². The summed E-state index contributed by atoms with van der Waals surface area (Å²) in [4.78, 5) is 32.7. The largest absolute Gasteiger partial charge is 0.467 e. The number of rotatable bonds is 5. The van der Waals surface area contributed by atoms with Crippen molar-refractivity contribution >= 4 is 17.6 Å². The number of non-ortho nitro benzene ring substituents is 1. The Morgan fingerprint density at radius 2 is 1.95 bits per heavy atom. The Kier molecular flexibility index (Phi) is 4.99. The molecule has 1 unspecified atom stereocenters. The smallest absolute Gasteiger partial charge is 0.328 e. The molecule has 0 fully saturated rings. The maximum absolute atomic E-state index is 11.6. The zero-order chi connectivity index (χ0) is 14.4. The van der Waals surface area contributed by atoms with Gasteiger partial charge in [0, 0.05) is 12.1 Å². The summed E-state index contributed by atoms with van der Waals surface area (Å²) in [5.74, 6) is -0.885. The molecule has 0 aliphatic carbocycles. The van der Waals surface area contributed by atoms with Gasteiger partial charge in [0.25, 0.3) is 5.69 Å². The monoisotopic (exact) mass is 266 g/mol. The highest BCUT2D eigenvalue weighted by Gasteiger charge is 2.16. The van der Waals surface area contributed by atoms with E-state index in [0.29, 0.717) is 5.56 Å². The first-order valence-electron chi connectivity index (χ1n) is 5.54. The number of esters is 1. The highest BCUT2D eigenvalue weighted by Crippen LogP contribution is 2.12. The minimum absolute atomic E-state index is 0.0351. The Morgan fingerprint density at radius 1 is 1.37 bits per heavy atom. The third-order valence-corrected chi connectivity index (χ3v) is 2.44. The number of ether oxygens (including phenoxy) is 1. The fourth-order valence-electron chi connectivity index (χ4n) is 1.45. The van der Waals surface area contributed by atoms with Crippen LogP contribution in [0.2, 0.25) is 0 Å². The number of hydrogen-bond acceptors (Lipinski definition) is 5. The summed E-state index contributed by atoms with van der Waals surface area (Å²) in [6.07, 6.45) is 0.0410. The lowest BCUT2D eigenvalue weighted by Crippen LogP contribution is -2.39. The van der Waals surface area contributed by atoms with Gasteiger partial charge in [0.15, 0.2) is 0 Å². The molecule has 1 rings (SSSR count). The van der Waals surface area contributed by atoms with Crippen molar-refractivity contribution in [2.75, 3.05) is 7.11 Å². The summed E-state index contributed by atoms with van der Waals surface area (Å²) in [6, 6.07) is 4.93. The average Bonchev–Trinajstić information content (AvgIpc) is 2.38. The van der Waals surface area contributed by atoms with Crippen LogP contribution < -0.4 is 5.32 Å². The second kappa shape index (κ2) is 6.48. The van der Waals surface area contributed by atoms with Gasteiger partial charge in [-0.3, -0.25) is 14.9 Å². The molecule has 0 spiro atoms. The molecule has 0 heterocycles. The number of hydrogen-bond donors (Lipinski definition) is 1. The topological polar surface area (TPSA) is 98.5 Å². The van der Waals surface area contributed by atoms with Gasteiger partial charge in [0.05, 0.1) is 18.5 Å². The van der Waals surface area contributed by atoms with Crippen molar-refractivity contribution in [3.05, 3.63) is 39.9 Å². The zero-order valence-corrected chi connectivity index (χ0v) is 10.6. The van der Waals surface area contributed by atoms with Gasteiger partial charge >= 0.3 is 5.97 Å². The van der Waals surface area contributed by atoms with E-state index in [1.165, 1.54) is 38.3 Å². The van der Waals surface area contributed by atoms with Crippen molar-refractivity contribution in [2.45, 2.75) is 19.4 Å². The van der Waals surface area contributed by atoms with Crippen LogP contribution in [0.3, 0.4) is 0 Å². The second-order valence-corrected chi connectivity index (χ2v) is 3.91. The first-order chi connectivity index (χ1) is 8.93. The van der Waals surface area contributed by atoms with E-state index in [0.717, 1.165) is 0 Å². The second-order valence-electron chi connectivity index (χ2n) is 3.91. The van der Waals surface area contributed by atoms with E-state index in [-0.39, 0.29) is 18.0 Å². The van der Waals surface area contributed by atoms with Gasteiger partial charge in [-0.1, -0.05) is 12.1 Å². The van der Waals surface area contributed by atoms with E-state index < -0.39 is 16.9 Å². The summed E-state index contributed by atoms with van der Waals surface area (Å²) in [5.41, 5.74) is 0.590. The zero-order valence-electron chi connectivity index (χ0n) is 10.6. The number of carbonyl (C=O) groups is 2. The molecule has 7 nitrogen and oxygen atoms in total. The van der Waals surface area contributed by atoms with Crippen LogP contribution in [-0.2, 0) is 20.7 Å². The minimum atomic E-state index is -0.726. The number of methoxy groups -OCH3 is 1. The average molecular weight is 266 g/mol. The van der Waals surface area contributed by atoms with Gasteiger partial charge in [-0.05, 0) is 12.5 Å². The van der Waals surface area contributed by atoms with Crippen molar-refractivity contribution in [3.63, 3.8) is 0 Å². The number of nitrogens with one attached hydrogen (secondary N) is 1. The quantitative estimate of drug-likeness (QED) is 0.483. The molecule has 0 saturated carbocycles. The molecule has 0 aliphatic heterocycles. The van der Waals surface area contributed by atoms with Crippen LogP contribution in [0, 0.1) is 10.1 Å². The number of nitrogens with zero attached hydrogens (tertiary/aromatic N) is 1. The molecule has 1 atom stereocenters. The molecule has 0 aromatic heterocycles. The first-order valence-corrected chi connectivity index (χ1v) is 5.54. The van der Waals surface area contributed by atoms with Gasteiger partial charge in [-0.2, -0.15) is 0 Å². The molecule has 0 aliphatic rings. The normalized spacial score (nSPS) is 11.5. The van der Waals surface area contributed by atoms with Gasteiger partial charge in [-0.25, -0.2) is 4.79 Å². The SMILES string of the molecule is COC(=O)C(C)NC(=O)Cc1ccc([N+](=O)[O-])cc1. The summed E-state index contributed by atoms with van der Waals surface area (Å²) in [7, 11) is 1.24. The van der Waals surface area contributed by atoms with Gasteiger partial charge in [-0.15, -0.1) is 0 Å². The third-order valence-electron chi connectivity index (χ3n) is 2.44. The summed E-state index contributed by atoms with van der Waals surface area (Å²) < 4.78 is 4.48. The molecule has 1 aromatic rings. The van der Waals surface area contributed by atoms with E-state index in [1.54, 1.807) is 0 Å². The maximum atomic E-state index is 11.6. The standard InChI is InChI=1S/C12H14N2O5/c1-8(12(16)19-2)13-11(15)7-9-3-5-10(6-4-9)14(17)18/h3-6,8H,7H2,1-2H3,(H,13,15). The van der Waals surface area contributed by atoms with Crippen molar-refractivity contribution in [1.82, 2.24) is 5.32 Å². The number of carbonyl (C=O) groups excluding carboxylic acids is 2. The fourth-order valence-corrected chi connectivity index (χ4v) is 1.45. The molecule has 1 amide bonds. The Morgan fingerprint density at radius 3 is 2.42 bits per heavy atom. The van der Waals surface area contributed by atoms with Gasteiger partial charge < -0.3 is 10.1 Å². The van der Waals surface area contributed by atoms with Crippen LogP contribution in [0.4, 0.5) is 5.69 Å². The van der Waals surface area contributed by atoms with Crippen molar-refractivity contribution in [3.8, 4) is 0 Å². The number of nitro benzene ring substituents is 1. The predicted octanol–water partition coefficient (Wildman–Crippen LogP) is 0.815. The number of amides is 1. The van der Waals surface area contributed by atoms with Crippen LogP contribution >= 0.6 is 0 Å². The Balaban J connectivity index is 2.57. The van der Waals surface area contributed by atoms with E-state index in [1.807, 2.05) is 0 Å². The van der Waals surface area contributed by atoms with E-state index in [2.05, 4.69) is 10.1 Å². The highest BCUT2D eigenvalue weighted by molar-refractivity contribution is 5.85. The molecule has 102 valence electrons. The summed E-state index contributed by atoms with van der Waals surface area (Å²) in [5, 5.41) is 12.9. The molecule has 1 aromatic carbocycles. The van der Waals surface area contributed by atoms with Crippen molar-refractivity contribution in [2.24, 2.45) is 0 Å². The fraction of sp³-hybridized carbons (Fsp3) is 0.333. The Bertz CT molecular complexity index is 483. The third kappa shape index (κ3) is 4.38. The van der Waals surface area contributed by atoms with Crippen molar-refractivity contribution in [1.29, 1.82) is 0 Å². The van der Waals surface area contributed by atoms with E-state index >= 15 is 0 Å². The first kappa shape index (κ1) is 14.6. The summed E-state index contributed by atoms with van der Waals surface area (Å²) >= 11 is 0. The molecule has 0 radical (unpaired) electrons. The molecule has 19 heavy (non-hydrogen) atoms. The minimum Gasteiger partial charge on any atom is -0.467 e. The molecule has 7 heteroatoms. The lowest BCUT2D eigenvalue weighted by atomic mass is 10.1. The lowest BCUT2D eigenvalue weighted by Gasteiger charge is -2.11. The van der Waals surface area contributed by atoms with Crippen molar-refractivity contribution < 1.29 is 19.2 Å². The molecular weight excluding hydrogens is 252 g/mol. The van der Waals surface area contributed by atoms with Crippen LogP contribution in [0.1, 0.15) is 12.5 Å². The molecule has 0 bridgehead atoms. The number of nitro groups is 1. The Labute approximate surface area is 109 Å². The predicted molar refractivity (Wildman–Crippen MR) is 66.4 cm³/mol. The van der Waals surface area contributed by atoms with Gasteiger partial charge in [0.2, 0.25) is 5.91 Å².